The largest absolute Gasteiger partial charge is 0.348 e. The van der Waals surface area contributed by atoms with Crippen LogP contribution >= 0.6 is 0 Å². The highest BCUT2D eigenvalue weighted by Crippen LogP contribution is 2.11. The van der Waals surface area contributed by atoms with Gasteiger partial charge in [0.05, 0.1) is 0 Å². The molecule has 0 heterocycles. The maximum absolute atomic E-state index is 12.5. The van der Waals surface area contributed by atoms with E-state index in [1.165, 1.54) is 0 Å². The molecule has 0 fully saturated rings. The molecule has 4 heteroatoms. The molecule has 4 nitrogen and oxygen atoms in total. The Bertz CT molecular complexity index is 429. The van der Waals surface area contributed by atoms with Gasteiger partial charge in [0.15, 0.2) is 0 Å². The fourth-order valence-electron chi connectivity index (χ4n) is 2.18. The minimum absolute atomic E-state index is 0.00500. The Morgan fingerprint density at radius 3 is 2.50 bits per heavy atom. The molecule has 1 atom stereocenters. The summed E-state index contributed by atoms with van der Waals surface area (Å²) in [6, 6.07) is 7.82. The Balaban J connectivity index is 2.83. The van der Waals surface area contributed by atoms with Gasteiger partial charge in [-0.3, -0.25) is 4.79 Å². The van der Waals surface area contributed by atoms with Crippen molar-refractivity contribution in [1.82, 2.24) is 10.2 Å². The minimum atomic E-state index is -0.00500. The van der Waals surface area contributed by atoms with Gasteiger partial charge in [-0.25, -0.2) is 0 Å². The van der Waals surface area contributed by atoms with E-state index in [1.54, 1.807) is 0 Å². The smallest absolute Gasteiger partial charge is 0.251 e. The van der Waals surface area contributed by atoms with Gasteiger partial charge in [0.2, 0.25) is 0 Å². The summed E-state index contributed by atoms with van der Waals surface area (Å²) in [6.07, 6.45) is 0.726. The maximum Gasteiger partial charge on any atom is 0.251 e. The number of benzene rings is 1. The predicted octanol–water partition coefficient (Wildman–Crippen LogP) is 1.50. The topological polar surface area (TPSA) is 58.4 Å². The maximum atomic E-state index is 12.5. The zero-order valence-electron chi connectivity index (χ0n) is 13.0. The van der Waals surface area contributed by atoms with Crippen molar-refractivity contribution < 1.29 is 4.79 Å². The summed E-state index contributed by atoms with van der Waals surface area (Å²) in [5.41, 5.74) is 7.36. The number of nitrogens with one attached hydrogen (secondary N) is 1. The molecule has 1 amide bonds. The van der Waals surface area contributed by atoms with Gasteiger partial charge in [0, 0.05) is 18.2 Å². The number of carbonyl (C=O) groups excluding carboxylic acids is 1. The first-order chi connectivity index (χ1) is 9.45. The standard InChI is InChI=1S/C16H27N3O/c1-12(2)15(11-19(3)4)18-16(20)14-8-6-5-7-13(14)9-10-17/h5-8,12,15H,9-11,17H2,1-4H3,(H,18,20). The van der Waals surface area contributed by atoms with Crippen LogP contribution in [0.3, 0.4) is 0 Å². The highest BCUT2D eigenvalue weighted by molar-refractivity contribution is 5.95. The molecular weight excluding hydrogens is 250 g/mol. The first kappa shape index (κ1) is 16.7. The minimum Gasteiger partial charge on any atom is -0.348 e. The van der Waals surface area contributed by atoms with Gasteiger partial charge in [-0.15, -0.1) is 0 Å². The fourth-order valence-corrected chi connectivity index (χ4v) is 2.18. The third-order valence-corrected chi connectivity index (χ3v) is 3.36. The van der Waals surface area contributed by atoms with Crippen molar-refractivity contribution in [3.8, 4) is 0 Å². The lowest BCUT2D eigenvalue weighted by Gasteiger charge is -2.26. The van der Waals surface area contributed by atoms with Crippen molar-refractivity contribution in [3.05, 3.63) is 35.4 Å². The molecule has 0 aliphatic heterocycles. The lowest BCUT2D eigenvalue weighted by Crippen LogP contribution is -2.45. The zero-order valence-corrected chi connectivity index (χ0v) is 13.0. The zero-order chi connectivity index (χ0) is 15.1. The first-order valence-corrected chi connectivity index (χ1v) is 7.19. The number of nitrogens with two attached hydrogens (primary N) is 1. The number of likely N-dealkylation sites (N-methyl/N-ethyl adjacent to an activating group) is 1. The van der Waals surface area contributed by atoms with Gasteiger partial charge in [0.1, 0.15) is 0 Å². The molecule has 1 aromatic carbocycles. The van der Waals surface area contributed by atoms with Gasteiger partial charge in [-0.1, -0.05) is 32.0 Å². The van der Waals surface area contributed by atoms with Gasteiger partial charge in [0.25, 0.3) is 5.91 Å². The second-order valence-corrected chi connectivity index (χ2v) is 5.78. The van der Waals surface area contributed by atoms with Gasteiger partial charge < -0.3 is 16.0 Å². The third kappa shape index (κ3) is 4.94. The number of amides is 1. The van der Waals surface area contributed by atoms with E-state index in [0.29, 0.717) is 12.5 Å². The Morgan fingerprint density at radius 1 is 1.30 bits per heavy atom. The van der Waals surface area contributed by atoms with Crippen LogP contribution in [0.15, 0.2) is 24.3 Å². The van der Waals surface area contributed by atoms with Gasteiger partial charge >= 0.3 is 0 Å². The van der Waals surface area contributed by atoms with E-state index in [9.17, 15) is 4.79 Å². The monoisotopic (exact) mass is 277 g/mol. The van der Waals surface area contributed by atoms with Gasteiger partial charge in [-0.05, 0) is 44.6 Å². The van der Waals surface area contributed by atoms with Crippen LogP contribution in [0, 0.1) is 5.92 Å². The van der Waals surface area contributed by atoms with E-state index in [-0.39, 0.29) is 11.9 Å². The molecule has 112 valence electrons. The Labute approximate surface area is 122 Å². The second kappa shape index (κ2) is 8.02. The second-order valence-electron chi connectivity index (χ2n) is 5.78. The molecule has 1 rings (SSSR count). The van der Waals surface area contributed by atoms with Crippen molar-refractivity contribution in [2.24, 2.45) is 11.7 Å². The number of hydrogen-bond acceptors (Lipinski definition) is 3. The van der Waals surface area contributed by atoms with Crippen LogP contribution in [0.4, 0.5) is 0 Å². The Kier molecular flexibility index (Phi) is 6.68. The SMILES string of the molecule is CC(C)C(CN(C)C)NC(=O)c1ccccc1CCN. The van der Waals surface area contributed by atoms with Crippen molar-refractivity contribution in [2.45, 2.75) is 26.3 Å². The van der Waals surface area contributed by atoms with Crippen LogP contribution < -0.4 is 11.1 Å². The van der Waals surface area contributed by atoms with E-state index >= 15 is 0 Å². The molecule has 1 aromatic rings. The lowest BCUT2D eigenvalue weighted by molar-refractivity contribution is 0.0915. The van der Waals surface area contributed by atoms with E-state index in [0.717, 1.165) is 24.1 Å². The number of carbonyl (C=O) groups is 1. The van der Waals surface area contributed by atoms with Crippen molar-refractivity contribution in [2.75, 3.05) is 27.2 Å². The highest BCUT2D eigenvalue weighted by atomic mass is 16.1. The van der Waals surface area contributed by atoms with E-state index in [4.69, 9.17) is 5.73 Å². The fraction of sp³-hybridized carbons (Fsp3) is 0.562. The van der Waals surface area contributed by atoms with Crippen LogP contribution in [0.5, 0.6) is 0 Å². The summed E-state index contributed by atoms with van der Waals surface area (Å²) < 4.78 is 0. The highest BCUT2D eigenvalue weighted by Gasteiger charge is 2.19. The summed E-state index contributed by atoms with van der Waals surface area (Å²) in [6.45, 7) is 5.64. The summed E-state index contributed by atoms with van der Waals surface area (Å²) >= 11 is 0. The first-order valence-electron chi connectivity index (χ1n) is 7.19. The number of nitrogens with zero attached hydrogens (tertiary/aromatic N) is 1. The average Bonchev–Trinajstić information content (AvgIpc) is 2.38. The molecule has 0 aliphatic rings. The predicted molar refractivity (Wildman–Crippen MR) is 83.8 cm³/mol. The molecule has 0 radical (unpaired) electrons. The van der Waals surface area contributed by atoms with Crippen molar-refractivity contribution in [1.29, 1.82) is 0 Å². The van der Waals surface area contributed by atoms with Crippen molar-refractivity contribution in [3.63, 3.8) is 0 Å². The van der Waals surface area contributed by atoms with E-state index in [1.807, 2.05) is 38.4 Å². The molecule has 0 aromatic heterocycles. The van der Waals surface area contributed by atoms with Gasteiger partial charge in [-0.2, -0.15) is 0 Å². The summed E-state index contributed by atoms with van der Waals surface area (Å²) in [5.74, 6) is 0.387. The molecular formula is C16H27N3O. The van der Waals surface area contributed by atoms with Crippen LogP contribution in [-0.4, -0.2) is 44.0 Å². The van der Waals surface area contributed by atoms with E-state index < -0.39 is 0 Å². The molecule has 0 aliphatic carbocycles. The average molecular weight is 277 g/mol. The van der Waals surface area contributed by atoms with Crippen LogP contribution in [0.25, 0.3) is 0 Å². The summed E-state index contributed by atoms with van der Waals surface area (Å²) in [5, 5.41) is 3.14. The molecule has 0 bridgehead atoms. The van der Waals surface area contributed by atoms with E-state index in [2.05, 4.69) is 24.1 Å². The number of hydrogen-bond donors (Lipinski definition) is 2. The quantitative estimate of drug-likeness (QED) is 0.794. The molecule has 0 saturated heterocycles. The third-order valence-electron chi connectivity index (χ3n) is 3.36. The summed E-state index contributed by atoms with van der Waals surface area (Å²) in [7, 11) is 4.04. The molecule has 20 heavy (non-hydrogen) atoms. The Hall–Kier alpha value is -1.39. The number of rotatable bonds is 7. The molecule has 3 N–H and O–H groups in total. The Morgan fingerprint density at radius 2 is 1.95 bits per heavy atom. The van der Waals surface area contributed by atoms with Crippen LogP contribution in [0.1, 0.15) is 29.8 Å². The van der Waals surface area contributed by atoms with Crippen LogP contribution in [-0.2, 0) is 6.42 Å². The normalized spacial score (nSPS) is 12.8. The van der Waals surface area contributed by atoms with Crippen molar-refractivity contribution >= 4 is 5.91 Å². The van der Waals surface area contributed by atoms with Crippen LogP contribution in [0.2, 0.25) is 0 Å². The lowest BCUT2D eigenvalue weighted by atomic mass is 10.0. The molecule has 0 saturated carbocycles. The molecule has 1 unspecified atom stereocenters. The summed E-state index contributed by atoms with van der Waals surface area (Å²) in [4.78, 5) is 14.6. The molecule has 0 spiro atoms.